The third kappa shape index (κ3) is 3.51. The van der Waals surface area contributed by atoms with Crippen molar-refractivity contribution in [1.82, 2.24) is 0 Å². The molecule has 1 rings (SSSR count). The third-order valence-corrected chi connectivity index (χ3v) is 1.97. The van der Waals surface area contributed by atoms with Crippen LogP contribution >= 0.6 is 0 Å². The summed E-state index contributed by atoms with van der Waals surface area (Å²) in [6.07, 6.45) is -4.57. The minimum absolute atomic E-state index is 0.141. The molecule has 0 aliphatic carbocycles. The molecule has 0 spiro atoms. The number of halogens is 3. The lowest BCUT2D eigenvalue weighted by molar-refractivity contribution is -0.131. The Morgan fingerprint density at radius 1 is 1.29 bits per heavy atom. The predicted molar refractivity (Wildman–Crippen MR) is 54.7 cm³/mol. The van der Waals surface area contributed by atoms with Crippen LogP contribution in [-0.4, -0.2) is 24.4 Å². The van der Waals surface area contributed by atoms with E-state index < -0.39 is 17.7 Å². The first-order valence-corrected chi connectivity index (χ1v) is 4.51. The molecule has 0 aliphatic rings. The van der Waals surface area contributed by atoms with Crippen LogP contribution in [0, 0.1) is 0 Å². The van der Waals surface area contributed by atoms with Crippen molar-refractivity contribution >= 4 is 11.5 Å². The highest BCUT2D eigenvalue weighted by atomic mass is 19.4. The van der Waals surface area contributed by atoms with Crippen molar-refractivity contribution in [1.29, 1.82) is 0 Å². The zero-order valence-corrected chi connectivity index (χ0v) is 8.78. The van der Waals surface area contributed by atoms with Crippen LogP contribution in [0.15, 0.2) is 30.3 Å². The van der Waals surface area contributed by atoms with Gasteiger partial charge in [-0.15, -0.1) is 0 Å². The number of carbonyl (C=O) groups is 1. The van der Waals surface area contributed by atoms with Gasteiger partial charge in [0.1, 0.15) is 5.75 Å². The molecule has 0 aromatic heterocycles. The molecule has 3 nitrogen and oxygen atoms in total. The Bertz CT molecular complexity index is 432. The van der Waals surface area contributed by atoms with Crippen LogP contribution in [0.3, 0.4) is 0 Å². The summed E-state index contributed by atoms with van der Waals surface area (Å²) in [6, 6.07) is 4.97. The summed E-state index contributed by atoms with van der Waals surface area (Å²) in [4.78, 5) is 10.4. The molecule has 0 saturated heterocycles. The number of carboxylic acid groups (broad SMARTS) is 1. The van der Waals surface area contributed by atoms with E-state index in [0.717, 1.165) is 12.1 Å². The smallest absolute Gasteiger partial charge is 0.417 e. The number of aliphatic carboxylic acids is 1. The van der Waals surface area contributed by atoms with Crippen LogP contribution in [0.4, 0.5) is 13.2 Å². The fourth-order valence-electron chi connectivity index (χ4n) is 1.22. The van der Waals surface area contributed by atoms with Crippen LogP contribution in [0.1, 0.15) is 5.56 Å². The van der Waals surface area contributed by atoms with Gasteiger partial charge in [-0.1, -0.05) is 12.1 Å². The number of allylic oxidation sites excluding steroid dienone is 1. The molecule has 6 heteroatoms. The standard InChI is InChI=1S/C11H9F3O3/c1-17-8-4-2-7(3-5-8)9(6-10(15)16)11(12,13)14/h2-6H,1H3,(H,15,16). The van der Waals surface area contributed by atoms with E-state index in [1.54, 1.807) is 0 Å². The number of benzene rings is 1. The van der Waals surface area contributed by atoms with Crippen LogP contribution in [0.25, 0.3) is 5.57 Å². The summed E-state index contributed by atoms with van der Waals surface area (Å²) in [7, 11) is 1.38. The van der Waals surface area contributed by atoms with E-state index >= 15 is 0 Å². The Morgan fingerprint density at radius 2 is 1.82 bits per heavy atom. The summed E-state index contributed by atoms with van der Waals surface area (Å²) < 4.78 is 42.6. The van der Waals surface area contributed by atoms with Gasteiger partial charge < -0.3 is 9.84 Å². The monoisotopic (exact) mass is 246 g/mol. The van der Waals surface area contributed by atoms with E-state index in [9.17, 15) is 18.0 Å². The Balaban J connectivity index is 3.19. The molecule has 1 N–H and O–H groups in total. The summed E-state index contributed by atoms with van der Waals surface area (Å²) in [5, 5.41) is 8.41. The van der Waals surface area contributed by atoms with Gasteiger partial charge in [0.05, 0.1) is 12.7 Å². The van der Waals surface area contributed by atoms with E-state index in [-0.39, 0.29) is 11.6 Å². The van der Waals surface area contributed by atoms with Gasteiger partial charge in [0, 0.05) is 6.08 Å². The average Bonchev–Trinajstić information content (AvgIpc) is 2.24. The van der Waals surface area contributed by atoms with Gasteiger partial charge in [0.2, 0.25) is 0 Å². The molecule has 0 amide bonds. The van der Waals surface area contributed by atoms with Crippen LogP contribution in [0.2, 0.25) is 0 Å². The van der Waals surface area contributed by atoms with Crippen molar-refractivity contribution < 1.29 is 27.8 Å². The average molecular weight is 246 g/mol. The maximum atomic E-state index is 12.6. The first-order valence-electron chi connectivity index (χ1n) is 4.51. The highest BCUT2D eigenvalue weighted by molar-refractivity contribution is 5.91. The largest absolute Gasteiger partial charge is 0.497 e. The molecular weight excluding hydrogens is 237 g/mol. The Morgan fingerprint density at radius 3 is 2.18 bits per heavy atom. The molecule has 0 aliphatic heterocycles. The number of methoxy groups -OCH3 is 1. The normalized spacial score (nSPS) is 12.4. The van der Waals surface area contributed by atoms with Crippen molar-refractivity contribution in [2.24, 2.45) is 0 Å². The second kappa shape index (κ2) is 4.90. The third-order valence-electron chi connectivity index (χ3n) is 1.97. The maximum absolute atomic E-state index is 12.6. The quantitative estimate of drug-likeness (QED) is 0.834. The fourth-order valence-corrected chi connectivity index (χ4v) is 1.22. The van der Waals surface area contributed by atoms with Gasteiger partial charge in [-0.2, -0.15) is 13.2 Å². The molecule has 1 aromatic rings. The highest BCUT2D eigenvalue weighted by Crippen LogP contribution is 2.34. The lowest BCUT2D eigenvalue weighted by Crippen LogP contribution is -2.12. The summed E-state index contributed by atoms with van der Waals surface area (Å²) in [6.45, 7) is 0. The van der Waals surface area contributed by atoms with Crippen molar-refractivity contribution in [3.05, 3.63) is 35.9 Å². The Kier molecular flexibility index (Phi) is 3.77. The first kappa shape index (κ1) is 13.1. The topological polar surface area (TPSA) is 46.5 Å². The zero-order valence-electron chi connectivity index (χ0n) is 8.78. The minimum Gasteiger partial charge on any atom is -0.497 e. The summed E-state index contributed by atoms with van der Waals surface area (Å²) in [5.41, 5.74) is -1.42. The van der Waals surface area contributed by atoms with Gasteiger partial charge in [-0.05, 0) is 17.7 Å². The van der Waals surface area contributed by atoms with Gasteiger partial charge >= 0.3 is 12.1 Å². The maximum Gasteiger partial charge on any atom is 0.417 e. The molecule has 0 atom stereocenters. The number of carboxylic acids is 1. The van der Waals surface area contributed by atoms with Crippen molar-refractivity contribution in [2.75, 3.05) is 7.11 Å². The number of alkyl halides is 3. The predicted octanol–water partition coefficient (Wildman–Crippen LogP) is 2.73. The summed E-state index contributed by atoms with van der Waals surface area (Å²) in [5.74, 6) is -1.25. The lowest BCUT2D eigenvalue weighted by Gasteiger charge is -2.11. The Hall–Kier alpha value is -1.98. The molecule has 17 heavy (non-hydrogen) atoms. The number of rotatable bonds is 3. The van der Waals surface area contributed by atoms with Gasteiger partial charge in [0.25, 0.3) is 0 Å². The molecule has 0 saturated carbocycles. The number of hydrogen-bond acceptors (Lipinski definition) is 2. The van der Waals surface area contributed by atoms with Crippen LogP contribution in [-0.2, 0) is 4.79 Å². The van der Waals surface area contributed by atoms with Crippen molar-refractivity contribution in [3.8, 4) is 5.75 Å². The van der Waals surface area contributed by atoms with Gasteiger partial charge in [-0.3, -0.25) is 0 Å². The second-order valence-corrected chi connectivity index (χ2v) is 3.12. The van der Waals surface area contributed by atoms with E-state index in [1.807, 2.05) is 0 Å². The first-order chi connectivity index (χ1) is 7.84. The highest BCUT2D eigenvalue weighted by Gasteiger charge is 2.35. The number of ether oxygens (including phenoxy) is 1. The molecule has 0 radical (unpaired) electrons. The Labute approximate surface area is 95.1 Å². The second-order valence-electron chi connectivity index (χ2n) is 3.12. The van der Waals surface area contributed by atoms with E-state index in [1.165, 1.54) is 19.2 Å². The zero-order chi connectivity index (χ0) is 13.1. The van der Waals surface area contributed by atoms with Crippen molar-refractivity contribution in [3.63, 3.8) is 0 Å². The molecule has 0 fully saturated rings. The molecule has 1 aromatic carbocycles. The van der Waals surface area contributed by atoms with E-state index in [0.29, 0.717) is 5.75 Å². The van der Waals surface area contributed by atoms with E-state index in [2.05, 4.69) is 0 Å². The van der Waals surface area contributed by atoms with Gasteiger partial charge in [0.15, 0.2) is 0 Å². The molecule has 0 bridgehead atoms. The SMILES string of the molecule is COc1ccc(C(=CC(=O)O)C(F)(F)F)cc1. The molecular formula is C11H9F3O3. The minimum atomic E-state index is -4.72. The molecule has 0 unspecified atom stereocenters. The fraction of sp³-hybridized carbons (Fsp3) is 0.182. The molecule has 0 heterocycles. The number of hydrogen-bond donors (Lipinski definition) is 1. The van der Waals surface area contributed by atoms with Gasteiger partial charge in [-0.25, -0.2) is 4.79 Å². The molecule has 92 valence electrons. The lowest BCUT2D eigenvalue weighted by atomic mass is 10.1. The van der Waals surface area contributed by atoms with Crippen LogP contribution in [0.5, 0.6) is 5.75 Å². The van der Waals surface area contributed by atoms with Crippen molar-refractivity contribution in [2.45, 2.75) is 6.18 Å². The van der Waals surface area contributed by atoms with E-state index in [4.69, 9.17) is 9.84 Å². The summed E-state index contributed by atoms with van der Waals surface area (Å²) >= 11 is 0. The van der Waals surface area contributed by atoms with Crippen LogP contribution < -0.4 is 4.74 Å².